The van der Waals surface area contributed by atoms with Gasteiger partial charge in [-0.15, -0.1) is 0 Å². The van der Waals surface area contributed by atoms with Crippen LogP contribution in [-0.2, 0) is 0 Å². The highest BCUT2D eigenvalue weighted by Gasteiger charge is 2.31. The van der Waals surface area contributed by atoms with Crippen molar-refractivity contribution in [2.24, 2.45) is 0 Å². The van der Waals surface area contributed by atoms with Gasteiger partial charge in [0.2, 0.25) is 0 Å². The molecule has 6 heteroatoms. The van der Waals surface area contributed by atoms with Gasteiger partial charge in [0.1, 0.15) is 5.75 Å². The molecule has 0 saturated carbocycles. The van der Waals surface area contributed by atoms with E-state index in [0.717, 1.165) is 6.54 Å². The van der Waals surface area contributed by atoms with E-state index in [0.29, 0.717) is 34.7 Å². The average Bonchev–Trinajstić information content (AvgIpc) is 3.02. The van der Waals surface area contributed by atoms with Crippen LogP contribution < -0.4 is 10.6 Å². The van der Waals surface area contributed by atoms with Gasteiger partial charge in [-0.2, -0.15) is 0 Å². The minimum absolute atomic E-state index is 0.100. The Bertz CT molecular complexity index is 758. The van der Waals surface area contributed by atoms with E-state index in [1.54, 1.807) is 36.4 Å². The number of halogens is 1. The van der Waals surface area contributed by atoms with E-state index in [1.165, 1.54) is 6.07 Å². The van der Waals surface area contributed by atoms with Gasteiger partial charge >= 0.3 is 0 Å². The number of aromatic hydroxyl groups is 1. The molecule has 0 radical (unpaired) electrons. The fourth-order valence-corrected chi connectivity index (χ4v) is 2.97. The van der Waals surface area contributed by atoms with Crippen molar-refractivity contribution in [2.45, 2.75) is 12.0 Å². The first-order valence-electron chi connectivity index (χ1n) is 7.77. The minimum atomic E-state index is -0.890. The topological polar surface area (TPSA) is 81.6 Å². The number of hydrogen-bond acceptors (Lipinski definition) is 4. The van der Waals surface area contributed by atoms with E-state index in [-0.39, 0.29) is 18.2 Å². The van der Waals surface area contributed by atoms with E-state index in [2.05, 4.69) is 10.6 Å². The third kappa shape index (κ3) is 3.70. The molecular formula is C18H19ClN2O3. The predicted octanol–water partition coefficient (Wildman–Crippen LogP) is 2.17. The maximum atomic E-state index is 12.3. The number of aliphatic hydroxyl groups is 1. The van der Waals surface area contributed by atoms with E-state index in [9.17, 15) is 15.0 Å². The highest BCUT2D eigenvalue weighted by molar-refractivity contribution is 6.31. The van der Waals surface area contributed by atoms with Crippen molar-refractivity contribution in [3.05, 3.63) is 53.1 Å². The lowest BCUT2D eigenvalue weighted by Crippen LogP contribution is -2.44. The molecule has 1 amide bonds. The largest absolute Gasteiger partial charge is 0.507 e. The van der Waals surface area contributed by atoms with Crippen molar-refractivity contribution in [1.29, 1.82) is 0 Å². The number of amides is 1. The van der Waals surface area contributed by atoms with Crippen molar-refractivity contribution in [1.82, 2.24) is 10.6 Å². The summed E-state index contributed by atoms with van der Waals surface area (Å²) in [5.41, 5.74) is 0.833. The fraction of sp³-hybridized carbons (Fsp3) is 0.278. The fourth-order valence-electron chi connectivity index (χ4n) is 2.80. The molecule has 126 valence electrons. The molecule has 0 aliphatic carbocycles. The number of phenols is 1. The van der Waals surface area contributed by atoms with Gasteiger partial charge in [0.15, 0.2) is 0 Å². The third-order valence-electron chi connectivity index (χ3n) is 4.19. The number of rotatable bonds is 4. The second-order valence-electron chi connectivity index (χ2n) is 6.08. The van der Waals surface area contributed by atoms with Crippen molar-refractivity contribution in [3.63, 3.8) is 0 Å². The van der Waals surface area contributed by atoms with Crippen molar-refractivity contribution in [3.8, 4) is 16.9 Å². The highest BCUT2D eigenvalue weighted by Crippen LogP contribution is 2.32. The number of carbonyl (C=O) groups excluding carboxylic acids is 1. The molecule has 1 atom stereocenters. The van der Waals surface area contributed by atoms with Gasteiger partial charge in [-0.1, -0.05) is 23.7 Å². The van der Waals surface area contributed by atoms with Crippen LogP contribution in [0.15, 0.2) is 42.5 Å². The SMILES string of the molecule is O=C(NCC1(O)CCNC1)c1cccc(-c2cc(Cl)ccc2O)c1. The summed E-state index contributed by atoms with van der Waals surface area (Å²) in [4.78, 5) is 12.3. The number of carbonyl (C=O) groups is 1. The van der Waals surface area contributed by atoms with Crippen molar-refractivity contribution in [2.75, 3.05) is 19.6 Å². The van der Waals surface area contributed by atoms with E-state index >= 15 is 0 Å². The van der Waals surface area contributed by atoms with Crippen LogP contribution in [0.1, 0.15) is 16.8 Å². The first-order valence-corrected chi connectivity index (χ1v) is 8.15. The Morgan fingerprint density at radius 1 is 1.29 bits per heavy atom. The first kappa shape index (κ1) is 16.8. The van der Waals surface area contributed by atoms with Crippen LogP contribution in [0.4, 0.5) is 0 Å². The number of benzene rings is 2. The lowest BCUT2D eigenvalue weighted by molar-refractivity contribution is 0.0562. The second-order valence-corrected chi connectivity index (χ2v) is 6.51. The van der Waals surface area contributed by atoms with Crippen LogP contribution in [-0.4, -0.2) is 41.4 Å². The average molecular weight is 347 g/mol. The normalized spacial score (nSPS) is 20.1. The van der Waals surface area contributed by atoms with Crippen LogP contribution in [0.2, 0.25) is 5.02 Å². The minimum Gasteiger partial charge on any atom is -0.507 e. The van der Waals surface area contributed by atoms with Crippen molar-refractivity contribution >= 4 is 17.5 Å². The highest BCUT2D eigenvalue weighted by atomic mass is 35.5. The summed E-state index contributed by atoms with van der Waals surface area (Å²) in [5, 5.41) is 26.6. The first-order chi connectivity index (χ1) is 11.5. The van der Waals surface area contributed by atoms with E-state index < -0.39 is 5.60 Å². The molecule has 0 aromatic heterocycles. The lowest BCUT2D eigenvalue weighted by atomic mass is 10.0. The molecule has 2 aromatic rings. The summed E-state index contributed by atoms with van der Waals surface area (Å²) in [6.07, 6.45) is 0.615. The van der Waals surface area contributed by atoms with Gasteiger partial charge in [-0.25, -0.2) is 0 Å². The van der Waals surface area contributed by atoms with Gasteiger partial charge in [-0.3, -0.25) is 4.79 Å². The molecule has 1 saturated heterocycles. The molecule has 1 heterocycles. The standard InChI is InChI=1S/C18H19ClN2O3/c19-14-4-5-16(22)15(9-14)12-2-1-3-13(8-12)17(23)21-11-18(24)6-7-20-10-18/h1-5,8-9,20,22,24H,6-7,10-11H2,(H,21,23). The van der Waals surface area contributed by atoms with Gasteiger partial charge in [-0.05, 0) is 48.9 Å². The molecule has 5 nitrogen and oxygen atoms in total. The molecule has 0 bridgehead atoms. The van der Waals surface area contributed by atoms with E-state index in [1.807, 2.05) is 0 Å². The Morgan fingerprint density at radius 3 is 2.88 bits per heavy atom. The number of phenolic OH excluding ortho intramolecular Hbond substituents is 1. The van der Waals surface area contributed by atoms with Crippen LogP contribution >= 0.6 is 11.6 Å². The Kier molecular flexibility index (Phi) is 4.76. The lowest BCUT2D eigenvalue weighted by Gasteiger charge is -2.21. The van der Waals surface area contributed by atoms with Crippen LogP contribution in [0, 0.1) is 0 Å². The zero-order valence-corrected chi connectivity index (χ0v) is 13.8. The van der Waals surface area contributed by atoms with Crippen molar-refractivity contribution < 1.29 is 15.0 Å². The van der Waals surface area contributed by atoms with Gasteiger partial charge < -0.3 is 20.8 Å². The Hall–Kier alpha value is -2.08. The molecule has 1 aliphatic rings. The molecule has 2 aromatic carbocycles. The number of β-amino-alcohol motifs (C(OH)–C–C–N with tert-alkyl or cyclic N) is 1. The van der Waals surface area contributed by atoms with Gasteiger partial charge in [0.05, 0.1) is 5.60 Å². The Labute approximate surface area is 145 Å². The van der Waals surface area contributed by atoms with E-state index in [4.69, 9.17) is 11.6 Å². The quantitative estimate of drug-likeness (QED) is 0.684. The van der Waals surface area contributed by atoms with Crippen LogP contribution in [0.25, 0.3) is 11.1 Å². The zero-order valence-electron chi connectivity index (χ0n) is 13.1. The van der Waals surface area contributed by atoms with Crippen LogP contribution in [0.5, 0.6) is 5.75 Å². The predicted molar refractivity (Wildman–Crippen MR) is 93.3 cm³/mol. The summed E-state index contributed by atoms with van der Waals surface area (Å²) in [7, 11) is 0. The maximum Gasteiger partial charge on any atom is 0.251 e. The molecular weight excluding hydrogens is 328 g/mol. The Balaban J connectivity index is 1.77. The summed E-state index contributed by atoms with van der Waals surface area (Å²) < 4.78 is 0. The molecule has 0 spiro atoms. The molecule has 1 fully saturated rings. The summed E-state index contributed by atoms with van der Waals surface area (Å²) in [5.74, 6) is -0.165. The summed E-state index contributed by atoms with van der Waals surface area (Å²) in [6.45, 7) is 1.42. The monoisotopic (exact) mass is 346 g/mol. The molecule has 4 N–H and O–H groups in total. The summed E-state index contributed by atoms with van der Waals surface area (Å²) in [6, 6.07) is 11.7. The molecule has 3 rings (SSSR count). The molecule has 24 heavy (non-hydrogen) atoms. The second kappa shape index (κ2) is 6.81. The zero-order chi connectivity index (χ0) is 17.2. The molecule has 1 aliphatic heterocycles. The van der Waals surface area contributed by atoms with Crippen LogP contribution in [0.3, 0.4) is 0 Å². The smallest absolute Gasteiger partial charge is 0.251 e. The number of hydrogen-bond donors (Lipinski definition) is 4. The van der Waals surface area contributed by atoms with Gasteiger partial charge in [0, 0.05) is 29.2 Å². The summed E-state index contributed by atoms with van der Waals surface area (Å²) >= 11 is 5.98. The molecule has 1 unspecified atom stereocenters. The number of nitrogens with one attached hydrogen (secondary N) is 2. The third-order valence-corrected chi connectivity index (χ3v) is 4.43. The maximum absolute atomic E-state index is 12.3. The Morgan fingerprint density at radius 2 is 2.12 bits per heavy atom. The van der Waals surface area contributed by atoms with Gasteiger partial charge in [0.25, 0.3) is 5.91 Å².